The first-order valence-electron chi connectivity index (χ1n) is 13.0. The Morgan fingerprint density at radius 2 is 1.25 bits per heavy atom. The molecule has 0 bridgehead atoms. The van der Waals surface area contributed by atoms with E-state index in [1.807, 2.05) is 26.8 Å². The fraction of sp³-hybridized carbons (Fsp3) is 0.923. The molecular formula is C26H59N2O6SW-. The third kappa shape index (κ3) is 55.1. The van der Waals surface area contributed by atoms with Gasteiger partial charge < -0.3 is 39.8 Å². The first kappa shape index (κ1) is 46.3. The minimum Gasteiger partial charge on any atom is -0.676 e. The number of aliphatic hydroxyl groups excluding tert-OH is 1. The van der Waals surface area contributed by atoms with Crippen LogP contribution in [0.25, 0.3) is 5.73 Å². The molecule has 0 aromatic carbocycles. The average molecular weight is 712 g/mol. The van der Waals surface area contributed by atoms with E-state index in [-0.39, 0.29) is 33.8 Å². The molecule has 0 heterocycles. The Morgan fingerprint density at radius 1 is 0.778 bits per heavy atom. The molecule has 0 amide bonds. The van der Waals surface area contributed by atoms with Crippen LogP contribution in [0, 0.1) is 5.92 Å². The van der Waals surface area contributed by atoms with E-state index in [0.29, 0.717) is 71.4 Å². The number of aliphatic hydroxyl groups is 1. The van der Waals surface area contributed by atoms with Crippen LogP contribution >= 0.6 is 12.6 Å². The van der Waals surface area contributed by atoms with Crippen molar-refractivity contribution in [3.05, 3.63) is 17.9 Å². The third-order valence-electron chi connectivity index (χ3n) is 3.71. The molecule has 0 radical (unpaired) electrons. The van der Waals surface area contributed by atoms with Gasteiger partial charge in [0.2, 0.25) is 0 Å². The summed E-state index contributed by atoms with van der Waals surface area (Å²) in [7, 11) is 0. The van der Waals surface area contributed by atoms with Crippen LogP contribution < -0.4 is 5.32 Å². The predicted molar refractivity (Wildman–Crippen MR) is 153 cm³/mol. The fourth-order valence-corrected chi connectivity index (χ4v) is 2.11. The zero-order valence-electron chi connectivity index (χ0n) is 24.4. The SMILES string of the molecule is CC.CC(C)/C=C/CO.CC(C)NCCOCCOCCC(C)OCCOCCOCC[NH-].CS.[W]. The van der Waals surface area contributed by atoms with Crippen molar-refractivity contribution < 1.29 is 49.9 Å². The second-order valence-corrected chi connectivity index (χ2v) is 7.63. The van der Waals surface area contributed by atoms with Crippen LogP contribution in [-0.4, -0.2) is 103 Å². The molecule has 0 saturated carbocycles. The average Bonchev–Trinajstić information content (AvgIpc) is 2.86. The van der Waals surface area contributed by atoms with Crippen LogP contribution in [0.4, 0.5) is 0 Å². The van der Waals surface area contributed by atoms with Crippen LogP contribution in [0.15, 0.2) is 12.2 Å². The Bertz CT molecular complexity index is 371. The number of allylic oxidation sites excluding steroid dienone is 1. The van der Waals surface area contributed by atoms with Gasteiger partial charge >= 0.3 is 0 Å². The number of ether oxygens (including phenoxy) is 5. The Hall–Kier alpha value is 0.458. The minimum absolute atomic E-state index is 0. The van der Waals surface area contributed by atoms with Crippen molar-refractivity contribution in [2.24, 2.45) is 5.92 Å². The van der Waals surface area contributed by atoms with Crippen molar-refractivity contribution in [3.63, 3.8) is 0 Å². The molecule has 0 spiro atoms. The monoisotopic (exact) mass is 711 g/mol. The summed E-state index contributed by atoms with van der Waals surface area (Å²) in [5.74, 6) is 0.562. The van der Waals surface area contributed by atoms with Crippen LogP contribution in [0.3, 0.4) is 0 Å². The molecule has 222 valence electrons. The molecule has 0 aromatic heterocycles. The minimum atomic E-state index is 0. The van der Waals surface area contributed by atoms with Gasteiger partial charge in [0, 0.05) is 46.9 Å². The van der Waals surface area contributed by atoms with E-state index in [1.165, 1.54) is 0 Å². The number of nitrogens with one attached hydrogen (secondary N) is 2. The van der Waals surface area contributed by atoms with Crippen LogP contribution in [0.5, 0.6) is 0 Å². The van der Waals surface area contributed by atoms with Gasteiger partial charge in [0.25, 0.3) is 0 Å². The normalized spacial score (nSPS) is 11.1. The van der Waals surface area contributed by atoms with Gasteiger partial charge in [-0.3, -0.25) is 0 Å². The summed E-state index contributed by atoms with van der Waals surface area (Å²) >= 11 is 3.53. The topological polar surface area (TPSA) is 102 Å². The summed E-state index contributed by atoms with van der Waals surface area (Å²) < 4.78 is 27.1. The fourth-order valence-electron chi connectivity index (χ4n) is 2.11. The molecule has 10 heteroatoms. The van der Waals surface area contributed by atoms with Crippen molar-refractivity contribution in [2.75, 3.05) is 85.4 Å². The van der Waals surface area contributed by atoms with E-state index < -0.39 is 0 Å². The summed E-state index contributed by atoms with van der Waals surface area (Å²) in [6, 6.07) is 0.499. The van der Waals surface area contributed by atoms with Crippen molar-refractivity contribution in [2.45, 2.75) is 67.0 Å². The quantitative estimate of drug-likeness (QED) is 0.0906. The molecule has 36 heavy (non-hydrogen) atoms. The Kier molecular flexibility index (Phi) is 58.4. The predicted octanol–water partition coefficient (Wildman–Crippen LogP) is 4.66. The van der Waals surface area contributed by atoms with Gasteiger partial charge in [0.1, 0.15) is 0 Å². The van der Waals surface area contributed by atoms with Gasteiger partial charge in [-0.25, -0.2) is 0 Å². The Morgan fingerprint density at radius 3 is 1.69 bits per heavy atom. The number of hydrogen-bond donors (Lipinski definition) is 3. The number of rotatable bonds is 21. The second-order valence-electron chi connectivity index (χ2n) is 7.63. The maximum atomic E-state index is 8.23. The zero-order valence-corrected chi connectivity index (χ0v) is 28.3. The molecule has 3 N–H and O–H groups in total. The van der Waals surface area contributed by atoms with Gasteiger partial charge in [-0.15, -0.1) is 6.54 Å². The van der Waals surface area contributed by atoms with Gasteiger partial charge in [-0.05, 0) is 25.5 Å². The van der Waals surface area contributed by atoms with Gasteiger partial charge in [-0.2, -0.15) is 12.6 Å². The van der Waals surface area contributed by atoms with Crippen molar-refractivity contribution in [1.29, 1.82) is 0 Å². The van der Waals surface area contributed by atoms with Crippen molar-refractivity contribution in [3.8, 4) is 0 Å². The van der Waals surface area contributed by atoms with Crippen molar-refractivity contribution in [1.82, 2.24) is 5.32 Å². The molecule has 0 aliphatic heterocycles. The van der Waals surface area contributed by atoms with E-state index in [4.69, 9.17) is 34.5 Å². The van der Waals surface area contributed by atoms with Crippen LogP contribution in [0.1, 0.15) is 54.9 Å². The molecular weight excluding hydrogens is 652 g/mol. The standard InChI is InChI=1S/C17H37N2O5.C6H12O.C2H6.CH4S.W/c1-16(2)19-6-9-22-12-10-20-7-4-17(3)24-15-14-23-13-11-21-8-5-18;1-6(2)4-3-5-7;2*1-2;/h16-19H,4-15H2,1-3H3;3-4,6-7H,5H2,1-2H3;1-2H3;2H,1H3;/q-1;;;;/b;4-3+;;;. The molecule has 0 aromatic rings. The summed E-state index contributed by atoms with van der Waals surface area (Å²) in [5.41, 5.74) is 6.92. The summed E-state index contributed by atoms with van der Waals surface area (Å²) in [4.78, 5) is 0. The number of thiol groups is 1. The van der Waals surface area contributed by atoms with E-state index in [9.17, 15) is 0 Å². The van der Waals surface area contributed by atoms with Gasteiger partial charge in [0.15, 0.2) is 0 Å². The molecule has 0 aliphatic rings. The number of hydrogen-bond acceptors (Lipinski definition) is 8. The molecule has 0 aliphatic carbocycles. The third-order valence-corrected chi connectivity index (χ3v) is 3.71. The van der Waals surface area contributed by atoms with E-state index in [1.54, 1.807) is 12.3 Å². The molecule has 0 fully saturated rings. The summed E-state index contributed by atoms with van der Waals surface area (Å²) in [6.45, 7) is 21.1. The van der Waals surface area contributed by atoms with E-state index >= 15 is 0 Å². The molecule has 1 atom stereocenters. The first-order chi connectivity index (χ1) is 16.9. The van der Waals surface area contributed by atoms with Gasteiger partial charge in [0.05, 0.1) is 59.0 Å². The maximum Gasteiger partial charge on any atom is 0.0704 e. The maximum absolute atomic E-state index is 8.23. The zero-order chi connectivity index (χ0) is 27.6. The molecule has 0 rings (SSSR count). The van der Waals surface area contributed by atoms with E-state index in [2.05, 4.69) is 45.6 Å². The first-order valence-corrected chi connectivity index (χ1v) is 13.9. The summed E-state index contributed by atoms with van der Waals surface area (Å²) in [5, 5.41) is 11.5. The van der Waals surface area contributed by atoms with Gasteiger partial charge in [-0.1, -0.05) is 53.7 Å². The van der Waals surface area contributed by atoms with Crippen LogP contribution in [0.2, 0.25) is 0 Å². The van der Waals surface area contributed by atoms with Crippen LogP contribution in [-0.2, 0) is 44.7 Å². The molecule has 1 unspecified atom stereocenters. The second kappa shape index (κ2) is 45.4. The Labute approximate surface area is 243 Å². The molecule has 8 nitrogen and oxygen atoms in total. The smallest absolute Gasteiger partial charge is 0.0704 e. The largest absolute Gasteiger partial charge is 0.676 e. The van der Waals surface area contributed by atoms with Crippen molar-refractivity contribution >= 4 is 12.6 Å². The molecule has 0 saturated heterocycles. The Balaban J connectivity index is -0.000000226. The summed E-state index contributed by atoms with van der Waals surface area (Å²) in [6.07, 6.45) is 6.44. The van der Waals surface area contributed by atoms with E-state index in [0.717, 1.165) is 19.6 Å².